The first-order chi connectivity index (χ1) is 9.26. The number of hydrogen-bond acceptors (Lipinski definition) is 4. The smallest absolute Gasteiger partial charge is 0.150 e. The van der Waals surface area contributed by atoms with Crippen LogP contribution >= 0.6 is 11.3 Å². The van der Waals surface area contributed by atoms with Gasteiger partial charge in [0.2, 0.25) is 0 Å². The van der Waals surface area contributed by atoms with Gasteiger partial charge in [0, 0.05) is 29.1 Å². The minimum atomic E-state index is 0.840. The molecule has 2 aromatic rings. The number of aromatic nitrogens is 3. The van der Waals surface area contributed by atoms with Crippen LogP contribution in [0.5, 0.6) is 0 Å². The predicted molar refractivity (Wildman–Crippen MR) is 79.6 cm³/mol. The third kappa shape index (κ3) is 3.64. The Balaban J connectivity index is 2.07. The van der Waals surface area contributed by atoms with Crippen LogP contribution in [0.1, 0.15) is 42.2 Å². The Hall–Kier alpha value is -1.20. The van der Waals surface area contributed by atoms with E-state index in [0.29, 0.717) is 0 Å². The normalized spacial score (nSPS) is 11.1. The predicted octanol–water partition coefficient (Wildman–Crippen LogP) is 2.62. The van der Waals surface area contributed by atoms with E-state index in [-0.39, 0.29) is 0 Å². The minimum absolute atomic E-state index is 0.840. The van der Waals surface area contributed by atoms with Gasteiger partial charge in [0.1, 0.15) is 5.82 Å². The monoisotopic (exact) mass is 278 g/mol. The van der Waals surface area contributed by atoms with Crippen LogP contribution in [0.25, 0.3) is 0 Å². The quantitative estimate of drug-likeness (QED) is 0.846. The Labute approximate surface area is 118 Å². The summed E-state index contributed by atoms with van der Waals surface area (Å²) in [4.78, 5) is 7.27. The van der Waals surface area contributed by atoms with Crippen molar-refractivity contribution in [2.24, 2.45) is 0 Å². The van der Waals surface area contributed by atoms with Crippen LogP contribution in [-0.4, -0.2) is 21.3 Å². The summed E-state index contributed by atoms with van der Waals surface area (Å²) in [5.74, 6) is 2.03. The molecule has 0 spiro atoms. The first-order valence-electron chi connectivity index (χ1n) is 6.97. The number of aryl methyl sites for hydroxylation is 2. The van der Waals surface area contributed by atoms with E-state index in [0.717, 1.165) is 44.1 Å². The molecule has 104 valence electrons. The van der Waals surface area contributed by atoms with Crippen molar-refractivity contribution in [2.75, 3.05) is 6.54 Å². The number of nitrogens with one attached hydrogen (secondary N) is 1. The Morgan fingerprint density at radius 2 is 1.95 bits per heavy atom. The average molecular weight is 278 g/mol. The molecule has 2 heterocycles. The van der Waals surface area contributed by atoms with Gasteiger partial charge in [-0.3, -0.25) is 0 Å². The van der Waals surface area contributed by atoms with E-state index in [1.807, 2.05) is 16.0 Å². The largest absolute Gasteiger partial charge is 0.312 e. The summed E-state index contributed by atoms with van der Waals surface area (Å²) in [6, 6.07) is 4.40. The molecule has 0 fully saturated rings. The number of hydrogen-bond donors (Lipinski definition) is 1. The molecule has 0 aliphatic carbocycles. The van der Waals surface area contributed by atoms with Crippen molar-refractivity contribution in [3.05, 3.63) is 33.5 Å². The Morgan fingerprint density at radius 3 is 2.63 bits per heavy atom. The van der Waals surface area contributed by atoms with Crippen LogP contribution in [0.2, 0.25) is 0 Å². The van der Waals surface area contributed by atoms with Crippen molar-refractivity contribution >= 4 is 11.3 Å². The fourth-order valence-corrected chi connectivity index (χ4v) is 2.93. The van der Waals surface area contributed by atoms with Gasteiger partial charge in [0.15, 0.2) is 5.82 Å². The molecular weight excluding hydrogens is 256 g/mol. The van der Waals surface area contributed by atoms with E-state index in [1.54, 1.807) is 0 Å². The number of thiophene rings is 1. The lowest BCUT2D eigenvalue weighted by molar-refractivity contribution is 0.643. The summed E-state index contributed by atoms with van der Waals surface area (Å²) in [6.07, 6.45) is 1.83. The van der Waals surface area contributed by atoms with Gasteiger partial charge in [-0.25, -0.2) is 9.67 Å². The van der Waals surface area contributed by atoms with Crippen molar-refractivity contribution < 1.29 is 0 Å². The molecule has 0 bridgehead atoms. The van der Waals surface area contributed by atoms with Crippen LogP contribution in [0, 0.1) is 0 Å². The molecule has 0 saturated heterocycles. The van der Waals surface area contributed by atoms with Crippen LogP contribution in [0.4, 0.5) is 0 Å². The maximum Gasteiger partial charge on any atom is 0.150 e. The highest BCUT2D eigenvalue weighted by Crippen LogP contribution is 2.18. The molecule has 4 nitrogen and oxygen atoms in total. The van der Waals surface area contributed by atoms with Crippen molar-refractivity contribution in [1.29, 1.82) is 0 Å². The fourth-order valence-electron chi connectivity index (χ4n) is 1.96. The highest BCUT2D eigenvalue weighted by molar-refractivity contribution is 7.11. The first-order valence-corrected chi connectivity index (χ1v) is 7.79. The molecule has 0 radical (unpaired) electrons. The minimum Gasteiger partial charge on any atom is -0.312 e. The molecule has 5 heteroatoms. The lowest BCUT2D eigenvalue weighted by atomic mass is 10.4. The van der Waals surface area contributed by atoms with E-state index >= 15 is 0 Å². The summed E-state index contributed by atoms with van der Waals surface area (Å²) in [6.45, 7) is 9.16. The average Bonchev–Trinajstić information content (AvgIpc) is 3.03. The van der Waals surface area contributed by atoms with Gasteiger partial charge in [-0.05, 0) is 18.7 Å². The summed E-state index contributed by atoms with van der Waals surface area (Å²) in [5.41, 5.74) is 0. The van der Waals surface area contributed by atoms with E-state index in [2.05, 4.69) is 48.3 Å². The highest BCUT2D eigenvalue weighted by atomic mass is 32.1. The second-order valence-corrected chi connectivity index (χ2v) is 5.71. The zero-order valence-electron chi connectivity index (χ0n) is 11.9. The van der Waals surface area contributed by atoms with E-state index in [9.17, 15) is 0 Å². The second-order valence-electron chi connectivity index (χ2n) is 4.46. The molecule has 0 unspecified atom stereocenters. The van der Waals surface area contributed by atoms with Gasteiger partial charge in [-0.2, -0.15) is 5.10 Å². The molecule has 2 rings (SSSR count). The standard InChI is InChI=1S/C14H22N4S/c1-4-13-16-14(5-2)18(17-13)10-12-8-7-11(19-12)9-15-6-3/h7-8,15H,4-6,9-10H2,1-3H3. The third-order valence-electron chi connectivity index (χ3n) is 3.00. The molecule has 1 N–H and O–H groups in total. The SMILES string of the molecule is CCNCc1ccc(Cn2nc(CC)nc2CC)s1. The molecule has 0 aromatic carbocycles. The summed E-state index contributed by atoms with van der Waals surface area (Å²) >= 11 is 1.85. The molecule has 2 aromatic heterocycles. The molecule has 0 atom stereocenters. The van der Waals surface area contributed by atoms with E-state index < -0.39 is 0 Å². The van der Waals surface area contributed by atoms with Crippen molar-refractivity contribution in [2.45, 2.75) is 46.7 Å². The van der Waals surface area contributed by atoms with Crippen LogP contribution in [0.3, 0.4) is 0 Å². The zero-order chi connectivity index (χ0) is 13.7. The number of rotatable bonds is 7. The first kappa shape index (κ1) is 14.2. The highest BCUT2D eigenvalue weighted by Gasteiger charge is 2.08. The maximum absolute atomic E-state index is 4.56. The lowest BCUT2D eigenvalue weighted by Crippen LogP contribution is -2.10. The topological polar surface area (TPSA) is 42.7 Å². The van der Waals surface area contributed by atoms with Gasteiger partial charge in [-0.1, -0.05) is 20.8 Å². The summed E-state index contributed by atoms with van der Waals surface area (Å²) in [7, 11) is 0. The second kappa shape index (κ2) is 6.82. The lowest BCUT2D eigenvalue weighted by Gasteiger charge is -2.02. The Bertz CT molecular complexity index is 515. The van der Waals surface area contributed by atoms with Gasteiger partial charge < -0.3 is 5.32 Å². The van der Waals surface area contributed by atoms with Crippen molar-refractivity contribution in [1.82, 2.24) is 20.1 Å². The summed E-state index contributed by atoms with van der Waals surface area (Å²) < 4.78 is 2.04. The molecule has 0 aliphatic rings. The molecule has 19 heavy (non-hydrogen) atoms. The molecule has 0 aliphatic heterocycles. The Kier molecular flexibility index (Phi) is 5.10. The van der Waals surface area contributed by atoms with Gasteiger partial charge >= 0.3 is 0 Å². The Morgan fingerprint density at radius 1 is 1.16 bits per heavy atom. The molecule has 0 saturated carbocycles. The maximum atomic E-state index is 4.56. The van der Waals surface area contributed by atoms with Crippen LogP contribution in [0.15, 0.2) is 12.1 Å². The third-order valence-corrected chi connectivity index (χ3v) is 4.07. The van der Waals surface area contributed by atoms with Gasteiger partial charge in [0.25, 0.3) is 0 Å². The van der Waals surface area contributed by atoms with Gasteiger partial charge in [0.05, 0.1) is 6.54 Å². The van der Waals surface area contributed by atoms with Crippen LogP contribution < -0.4 is 5.32 Å². The molecule has 0 amide bonds. The summed E-state index contributed by atoms with van der Waals surface area (Å²) in [5, 5.41) is 7.92. The van der Waals surface area contributed by atoms with Crippen LogP contribution in [-0.2, 0) is 25.9 Å². The van der Waals surface area contributed by atoms with Crippen molar-refractivity contribution in [3.63, 3.8) is 0 Å². The van der Waals surface area contributed by atoms with Crippen molar-refractivity contribution in [3.8, 4) is 0 Å². The fraction of sp³-hybridized carbons (Fsp3) is 0.571. The van der Waals surface area contributed by atoms with E-state index in [4.69, 9.17) is 0 Å². The molecular formula is C14H22N4S. The number of nitrogens with zero attached hydrogens (tertiary/aromatic N) is 3. The van der Waals surface area contributed by atoms with Gasteiger partial charge in [-0.15, -0.1) is 11.3 Å². The van der Waals surface area contributed by atoms with E-state index in [1.165, 1.54) is 9.75 Å². The zero-order valence-corrected chi connectivity index (χ0v) is 12.8.